The van der Waals surface area contributed by atoms with Crippen LogP contribution < -0.4 is 5.32 Å². The summed E-state index contributed by atoms with van der Waals surface area (Å²) < 4.78 is 2.57. The van der Waals surface area contributed by atoms with Crippen molar-refractivity contribution < 1.29 is 0 Å². The highest BCUT2D eigenvalue weighted by Gasteiger charge is 2.19. The van der Waals surface area contributed by atoms with E-state index in [0.29, 0.717) is 0 Å². The Kier molecular flexibility index (Phi) is 4.26. The lowest BCUT2D eigenvalue weighted by atomic mass is 10.0. The lowest BCUT2D eigenvalue weighted by Crippen LogP contribution is -2.20. The number of benzene rings is 1. The van der Waals surface area contributed by atoms with Crippen LogP contribution >= 0.6 is 38.6 Å². The second-order valence-electron chi connectivity index (χ2n) is 4.73. The van der Waals surface area contributed by atoms with Gasteiger partial charge in [0.2, 0.25) is 0 Å². The summed E-state index contributed by atoms with van der Waals surface area (Å²) in [5, 5.41) is 7.29. The summed E-state index contributed by atoms with van der Waals surface area (Å²) in [6.07, 6.45) is 0. The molecule has 4 heteroatoms. The summed E-state index contributed by atoms with van der Waals surface area (Å²) in [5.41, 5.74) is 1.39. The number of thiophene rings is 2. The minimum absolute atomic E-state index is 0.283. The third-order valence-corrected chi connectivity index (χ3v) is 6.57. The van der Waals surface area contributed by atoms with Gasteiger partial charge in [-0.1, -0.05) is 25.1 Å². The van der Waals surface area contributed by atoms with Gasteiger partial charge in [-0.15, -0.1) is 22.7 Å². The maximum atomic E-state index is 3.63. The van der Waals surface area contributed by atoms with E-state index in [-0.39, 0.29) is 6.04 Å². The molecule has 0 radical (unpaired) electrons. The number of rotatable bonds is 4. The maximum Gasteiger partial charge on any atom is 0.0685 e. The van der Waals surface area contributed by atoms with Gasteiger partial charge in [-0.2, -0.15) is 0 Å². The molecule has 0 amide bonds. The van der Waals surface area contributed by atoms with E-state index in [1.165, 1.54) is 29.9 Å². The number of hydrogen-bond acceptors (Lipinski definition) is 3. The summed E-state index contributed by atoms with van der Waals surface area (Å²) in [6.45, 7) is 5.29. The van der Waals surface area contributed by atoms with Gasteiger partial charge in [0.1, 0.15) is 0 Å². The van der Waals surface area contributed by atoms with E-state index in [0.717, 1.165) is 6.54 Å². The van der Waals surface area contributed by atoms with E-state index in [1.54, 1.807) is 0 Å². The van der Waals surface area contributed by atoms with Gasteiger partial charge in [0.25, 0.3) is 0 Å². The van der Waals surface area contributed by atoms with Crippen molar-refractivity contribution in [1.82, 2.24) is 5.32 Å². The van der Waals surface area contributed by atoms with Crippen molar-refractivity contribution in [2.75, 3.05) is 6.54 Å². The van der Waals surface area contributed by atoms with Crippen LogP contribution in [-0.4, -0.2) is 6.54 Å². The number of nitrogens with one attached hydrogen (secondary N) is 1. The largest absolute Gasteiger partial charge is 0.306 e. The third kappa shape index (κ3) is 2.58. The first-order valence-electron chi connectivity index (χ1n) is 6.66. The zero-order chi connectivity index (χ0) is 14.1. The predicted molar refractivity (Wildman–Crippen MR) is 94.1 cm³/mol. The van der Waals surface area contributed by atoms with Gasteiger partial charge in [0, 0.05) is 18.9 Å². The molecule has 0 aliphatic heterocycles. The molecule has 1 nitrogen and oxygen atoms in total. The fourth-order valence-electron chi connectivity index (χ4n) is 2.41. The summed E-state index contributed by atoms with van der Waals surface area (Å²) in [5.74, 6) is 0. The normalized spacial score (nSPS) is 12.9. The standard InChI is InChI=1S/C16H16BrNS2/c1-3-18-16(15-8-13(17)10(2)20-15)12-9-19-14-7-5-4-6-11(12)14/h4-9,16,18H,3H2,1-2H3. The number of aryl methyl sites for hydroxylation is 1. The van der Waals surface area contributed by atoms with E-state index in [1.807, 2.05) is 22.7 Å². The molecule has 1 aromatic carbocycles. The zero-order valence-corrected chi connectivity index (χ0v) is 14.7. The van der Waals surface area contributed by atoms with Gasteiger partial charge in [-0.05, 0) is 57.9 Å². The Morgan fingerprint density at radius 2 is 2.10 bits per heavy atom. The Balaban J connectivity index is 2.10. The van der Waals surface area contributed by atoms with Crippen molar-refractivity contribution in [3.8, 4) is 0 Å². The fraction of sp³-hybridized carbons (Fsp3) is 0.250. The van der Waals surface area contributed by atoms with Gasteiger partial charge in [0.05, 0.1) is 6.04 Å². The van der Waals surface area contributed by atoms with Crippen LogP contribution in [0.25, 0.3) is 10.1 Å². The molecule has 0 aliphatic carbocycles. The van der Waals surface area contributed by atoms with Crippen LogP contribution in [0.15, 0.2) is 40.2 Å². The summed E-state index contributed by atoms with van der Waals surface area (Å²) >= 11 is 7.32. The van der Waals surface area contributed by atoms with Crippen molar-refractivity contribution in [2.24, 2.45) is 0 Å². The van der Waals surface area contributed by atoms with Crippen molar-refractivity contribution in [1.29, 1.82) is 0 Å². The molecular weight excluding hydrogens is 350 g/mol. The van der Waals surface area contributed by atoms with Crippen LogP contribution in [0.3, 0.4) is 0 Å². The summed E-state index contributed by atoms with van der Waals surface area (Å²) in [6, 6.07) is 11.2. The highest BCUT2D eigenvalue weighted by molar-refractivity contribution is 9.10. The van der Waals surface area contributed by atoms with Gasteiger partial charge < -0.3 is 5.32 Å². The summed E-state index contributed by atoms with van der Waals surface area (Å²) in [7, 11) is 0. The van der Waals surface area contributed by atoms with Crippen LogP contribution in [0.2, 0.25) is 0 Å². The minimum atomic E-state index is 0.283. The molecule has 0 spiro atoms. The molecule has 2 heterocycles. The SMILES string of the molecule is CCNC(c1cc(Br)c(C)s1)c1csc2ccccc12. The van der Waals surface area contributed by atoms with Crippen molar-refractivity contribution >= 4 is 48.7 Å². The molecular formula is C16H16BrNS2. The molecule has 1 unspecified atom stereocenters. The molecule has 0 saturated heterocycles. The van der Waals surface area contributed by atoms with Gasteiger partial charge in [-0.25, -0.2) is 0 Å². The molecule has 1 N–H and O–H groups in total. The Morgan fingerprint density at radius 1 is 1.30 bits per heavy atom. The first-order valence-corrected chi connectivity index (χ1v) is 9.15. The first-order chi connectivity index (χ1) is 9.70. The van der Waals surface area contributed by atoms with Gasteiger partial charge in [0.15, 0.2) is 0 Å². The topological polar surface area (TPSA) is 12.0 Å². The quantitative estimate of drug-likeness (QED) is 0.622. The predicted octanol–water partition coefficient (Wildman–Crippen LogP) is 5.73. The average molecular weight is 366 g/mol. The maximum absolute atomic E-state index is 3.63. The van der Waals surface area contributed by atoms with Crippen LogP contribution in [0.4, 0.5) is 0 Å². The lowest BCUT2D eigenvalue weighted by Gasteiger charge is -2.16. The molecule has 1 atom stereocenters. The minimum Gasteiger partial charge on any atom is -0.306 e. The van der Waals surface area contributed by atoms with E-state index >= 15 is 0 Å². The smallest absolute Gasteiger partial charge is 0.0685 e. The van der Waals surface area contributed by atoms with E-state index < -0.39 is 0 Å². The van der Waals surface area contributed by atoms with Crippen LogP contribution in [0.5, 0.6) is 0 Å². The lowest BCUT2D eigenvalue weighted by molar-refractivity contribution is 0.645. The fourth-order valence-corrected chi connectivity index (χ4v) is 5.06. The molecule has 0 fully saturated rings. The highest BCUT2D eigenvalue weighted by Crippen LogP contribution is 2.38. The molecule has 0 aliphatic rings. The van der Waals surface area contributed by atoms with E-state index in [9.17, 15) is 0 Å². The number of hydrogen-bond donors (Lipinski definition) is 1. The van der Waals surface area contributed by atoms with Crippen LogP contribution in [-0.2, 0) is 0 Å². The second kappa shape index (κ2) is 5.98. The van der Waals surface area contributed by atoms with Crippen LogP contribution in [0, 0.1) is 6.92 Å². The molecule has 20 heavy (non-hydrogen) atoms. The summed E-state index contributed by atoms with van der Waals surface area (Å²) in [4.78, 5) is 2.71. The third-order valence-electron chi connectivity index (χ3n) is 3.39. The molecule has 104 valence electrons. The Bertz CT molecular complexity index is 709. The average Bonchev–Trinajstić information content (AvgIpc) is 3.01. The Labute approximate surface area is 135 Å². The van der Waals surface area contributed by atoms with Crippen molar-refractivity contribution in [3.05, 3.63) is 55.5 Å². The molecule has 3 aromatic rings. The van der Waals surface area contributed by atoms with Crippen molar-refractivity contribution in [2.45, 2.75) is 19.9 Å². The number of halogens is 1. The van der Waals surface area contributed by atoms with Gasteiger partial charge in [-0.3, -0.25) is 0 Å². The first kappa shape index (κ1) is 14.3. The zero-order valence-electron chi connectivity index (χ0n) is 11.4. The van der Waals surface area contributed by atoms with Crippen LogP contribution in [0.1, 0.15) is 28.3 Å². The number of fused-ring (bicyclic) bond motifs is 1. The van der Waals surface area contributed by atoms with Gasteiger partial charge >= 0.3 is 0 Å². The highest BCUT2D eigenvalue weighted by atomic mass is 79.9. The monoisotopic (exact) mass is 365 g/mol. The molecule has 0 bridgehead atoms. The molecule has 3 rings (SSSR count). The second-order valence-corrected chi connectivity index (χ2v) is 7.78. The van der Waals surface area contributed by atoms with E-state index in [2.05, 4.69) is 70.8 Å². The Hall–Kier alpha value is -0.680. The van der Waals surface area contributed by atoms with Crippen molar-refractivity contribution in [3.63, 3.8) is 0 Å². The molecule has 2 aromatic heterocycles. The van der Waals surface area contributed by atoms with E-state index in [4.69, 9.17) is 0 Å². The molecule has 0 saturated carbocycles. The Morgan fingerprint density at radius 3 is 2.80 bits per heavy atom.